The lowest BCUT2D eigenvalue weighted by molar-refractivity contribution is 0.0680. The smallest absolute Gasteiger partial charge is 0.254 e. The molecule has 1 heterocycles. The Morgan fingerprint density at radius 3 is 2.54 bits per heavy atom. The van der Waals surface area contributed by atoms with E-state index in [-0.39, 0.29) is 25.1 Å². The van der Waals surface area contributed by atoms with Gasteiger partial charge < -0.3 is 15.2 Å². The predicted octanol–water partition coefficient (Wildman–Crippen LogP) is 2.70. The average molecular weight is 324 g/mol. The molecule has 0 radical (unpaired) electrons. The summed E-state index contributed by atoms with van der Waals surface area (Å²) in [5.74, 6) is -0.163. The molecule has 5 heteroatoms. The molecule has 124 valence electrons. The Bertz CT molecular complexity index is 768. The number of hydrogen-bond donors (Lipinski definition) is 2. The van der Waals surface area contributed by atoms with Crippen LogP contribution in [-0.4, -0.2) is 46.0 Å². The number of aliphatic hydroxyl groups is 1. The number of benzene rings is 2. The summed E-state index contributed by atoms with van der Waals surface area (Å²) in [7, 11) is 0. The molecule has 0 saturated carbocycles. The number of aryl methyl sites for hydroxylation is 1. The van der Waals surface area contributed by atoms with Crippen molar-refractivity contribution in [2.45, 2.75) is 19.4 Å². The van der Waals surface area contributed by atoms with E-state index in [0.29, 0.717) is 17.7 Å². The van der Waals surface area contributed by atoms with E-state index in [0.717, 1.165) is 11.1 Å². The number of aliphatic hydroxyl groups excluding tert-OH is 1. The minimum absolute atomic E-state index is 0.147. The van der Waals surface area contributed by atoms with E-state index in [9.17, 15) is 9.90 Å². The topological polar surface area (TPSA) is 73.1 Å². The summed E-state index contributed by atoms with van der Waals surface area (Å²) >= 11 is 0. The normalized spacial score (nSPS) is 19.0. The van der Waals surface area contributed by atoms with Crippen LogP contribution >= 0.6 is 0 Å². The Kier molecular flexibility index (Phi) is 4.62. The zero-order valence-corrected chi connectivity index (χ0v) is 13.5. The number of carbonyl (C=O) groups is 1. The van der Waals surface area contributed by atoms with Gasteiger partial charge in [0.05, 0.1) is 24.9 Å². The molecular weight excluding hydrogens is 304 g/mol. The summed E-state index contributed by atoms with van der Waals surface area (Å²) < 4.78 is 0. The number of nitrogens with zero attached hydrogens (tertiary/aromatic N) is 2. The second-order valence-corrected chi connectivity index (χ2v) is 6.03. The van der Waals surface area contributed by atoms with Gasteiger partial charge >= 0.3 is 0 Å². The molecule has 1 fully saturated rings. The fraction of sp³-hybridized carbons (Fsp3) is 0.263. The maximum absolute atomic E-state index is 12.7. The van der Waals surface area contributed by atoms with Crippen molar-refractivity contribution in [3.63, 3.8) is 0 Å². The van der Waals surface area contributed by atoms with Crippen molar-refractivity contribution in [1.29, 1.82) is 0 Å². The molecule has 0 unspecified atom stereocenters. The number of rotatable bonds is 3. The van der Waals surface area contributed by atoms with E-state index in [4.69, 9.17) is 5.21 Å². The molecule has 0 aliphatic carbocycles. The van der Waals surface area contributed by atoms with Crippen LogP contribution in [0.15, 0.2) is 53.7 Å². The van der Waals surface area contributed by atoms with Crippen LogP contribution in [0.3, 0.4) is 0 Å². The Hall–Kier alpha value is -2.66. The first kappa shape index (κ1) is 16.2. The molecule has 5 nitrogen and oxygen atoms in total. The van der Waals surface area contributed by atoms with Gasteiger partial charge in [-0.1, -0.05) is 41.6 Å². The SMILES string of the molecule is Cc1ccccc1-c1ccc(C(=O)N2C/C(=N\O)C[C@H]2CO)cc1. The number of carbonyl (C=O) groups excluding carboxylic acids is 1. The quantitative estimate of drug-likeness (QED) is 0.673. The Morgan fingerprint density at radius 2 is 1.92 bits per heavy atom. The Morgan fingerprint density at radius 1 is 1.21 bits per heavy atom. The minimum Gasteiger partial charge on any atom is -0.411 e. The van der Waals surface area contributed by atoms with Crippen molar-refractivity contribution in [2.75, 3.05) is 13.2 Å². The first-order chi connectivity index (χ1) is 11.6. The van der Waals surface area contributed by atoms with E-state index in [1.54, 1.807) is 17.0 Å². The zero-order chi connectivity index (χ0) is 17.1. The lowest BCUT2D eigenvalue weighted by Crippen LogP contribution is -2.37. The van der Waals surface area contributed by atoms with E-state index in [2.05, 4.69) is 24.2 Å². The number of hydrogen-bond acceptors (Lipinski definition) is 4. The van der Waals surface area contributed by atoms with Crippen LogP contribution in [-0.2, 0) is 0 Å². The third kappa shape index (κ3) is 3.03. The molecule has 0 spiro atoms. The Balaban J connectivity index is 1.83. The summed E-state index contributed by atoms with van der Waals surface area (Å²) in [6.07, 6.45) is 0.403. The third-order valence-corrected chi connectivity index (χ3v) is 4.47. The van der Waals surface area contributed by atoms with Crippen molar-refractivity contribution in [3.8, 4) is 11.1 Å². The van der Waals surface area contributed by atoms with Crippen LogP contribution in [0.5, 0.6) is 0 Å². The minimum atomic E-state index is -0.334. The van der Waals surface area contributed by atoms with Crippen molar-refractivity contribution in [3.05, 3.63) is 59.7 Å². The van der Waals surface area contributed by atoms with E-state index in [1.807, 2.05) is 24.3 Å². The van der Waals surface area contributed by atoms with Gasteiger partial charge in [0.15, 0.2) is 0 Å². The highest BCUT2D eigenvalue weighted by Gasteiger charge is 2.33. The number of oxime groups is 1. The van der Waals surface area contributed by atoms with Crippen molar-refractivity contribution in [2.24, 2.45) is 5.16 Å². The third-order valence-electron chi connectivity index (χ3n) is 4.47. The number of amides is 1. The maximum Gasteiger partial charge on any atom is 0.254 e. The largest absolute Gasteiger partial charge is 0.411 e. The van der Waals surface area contributed by atoms with Crippen molar-refractivity contribution >= 4 is 11.6 Å². The van der Waals surface area contributed by atoms with Crippen LogP contribution in [0.4, 0.5) is 0 Å². The fourth-order valence-corrected chi connectivity index (χ4v) is 3.10. The molecule has 0 bridgehead atoms. The van der Waals surface area contributed by atoms with Crippen LogP contribution in [0.1, 0.15) is 22.3 Å². The van der Waals surface area contributed by atoms with Gasteiger partial charge in [0.1, 0.15) is 0 Å². The standard InChI is InChI=1S/C19H20N2O3/c1-13-4-2-3-5-18(13)14-6-8-15(9-7-14)19(23)21-11-16(20-24)10-17(21)12-22/h2-9,17,22,24H,10-12H2,1H3/b20-16-/t17-/m0/s1. The molecule has 2 aromatic rings. The molecule has 1 saturated heterocycles. The van der Waals surface area contributed by atoms with Gasteiger partial charge in [-0.3, -0.25) is 4.79 Å². The van der Waals surface area contributed by atoms with Crippen molar-refractivity contribution in [1.82, 2.24) is 4.90 Å². The first-order valence-corrected chi connectivity index (χ1v) is 7.91. The van der Waals surface area contributed by atoms with E-state index < -0.39 is 0 Å². The highest BCUT2D eigenvalue weighted by Crippen LogP contribution is 2.25. The van der Waals surface area contributed by atoms with Gasteiger partial charge in [-0.05, 0) is 35.7 Å². The summed E-state index contributed by atoms with van der Waals surface area (Å²) in [5, 5.41) is 21.5. The van der Waals surface area contributed by atoms with Gasteiger partial charge in [0.2, 0.25) is 0 Å². The van der Waals surface area contributed by atoms with E-state index >= 15 is 0 Å². The summed E-state index contributed by atoms with van der Waals surface area (Å²) in [6, 6.07) is 15.2. The number of likely N-dealkylation sites (tertiary alicyclic amines) is 1. The van der Waals surface area contributed by atoms with Gasteiger partial charge in [0.25, 0.3) is 5.91 Å². The molecule has 1 aliphatic rings. The maximum atomic E-state index is 12.7. The molecular formula is C19H20N2O3. The van der Waals surface area contributed by atoms with Crippen LogP contribution in [0.25, 0.3) is 11.1 Å². The Labute approximate surface area is 140 Å². The molecule has 0 aromatic heterocycles. The van der Waals surface area contributed by atoms with Crippen molar-refractivity contribution < 1.29 is 15.1 Å². The van der Waals surface area contributed by atoms with E-state index in [1.165, 1.54) is 5.56 Å². The molecule has 24 heavy (non-hydrogen) atoms. The van der Waals surface area contributed by atoms with Crippen LogP contribution in [0.2, 0.25) is 0 Å². The van der Waals surface area contributed by atoms with Crippen LogP contribution < -0.4 is 0 Å². The van der Waals surface area contributed by atoms with Gasteiger partial charge in [0, 0.05) is 12.0 Å². The first-order valence-electron chi connectivity index (χ1n) is 7.91. The molecule has 3 rings (SSSR count). The molecule has 1 aliphatic heterocycles. The van der Waals surface area contributed by atoms with Gasteiger partial charge in [-0.15, -0.1) is 0 Å². The summed E-state index contributed by atoms with van der Waals surface area (Å²) in [5.41, 5.74) is 4.45. The van der Waals surface area contributed by atoms with Gasteiger partial charge in [-0.2, -0.15) is 0 Å². The molecule has 1 atom stereocenters. The highest BCUT2D eigenvalue weighted by molar-refractivity contribution is 6.00. The molecule has 2 aromatic carbocycles. The molecule has 2 N–H and O–H groups in total. The predicted molar refractivity (Wildman–Crippen MR) is 92.4 cm³/mol. The second-order valence-electron chi connectivity index (χ2n) is 6.03. The van der Waals surface area contributed by atoms with Crippen LogP contribution in [0, 0.1) is 6.92 Å². The highest BCUT2D eigenvalue weighted by atomic mass is 16.4. The summed E-state index contributed by atoms with van der Waals surface area (Å²) in [6.45, 7) is 2.16. The second kappa shape index (κ2) is 6.84. The van der Waals surface area contributed by atoms with Gasteiger partial charge in [-0.25, -0.2) is 0 Å². The molecule has 1 amide bonds. The summed E-state index contributed by atoms with van der Waals surface area (Å²) in [4.78, 5) is 14.2. The average Bonchev–Trinajstić information content (AvgIpc) is 3.05. The lowest BCUT2D eigenvalue weighted by atomic mass is 9.99. The fourth-order valence-electron chi connectivity index (χ4n) is 3.10. The zero-order valence-electron chi connectivity index (χ0n) is 13.5. The lowest BCUT2D eigenvalue weighted by Gasteiger charge is -2.22. The monoisotopic (exact) mass is 324 g/mol.